The first-order valence-electron chi connectivity index (χ1n) is 8.97. The molecule has 0 radical (unpaired) electrons. The van der Waals surface area contributed by atoms with Crippen molar-refractivity contribution in [1.82, 2.24) is 9.55 Å². The third-order valence-electron chi connectivity index (χ3n) is 4.10. The number of benzene rings is 2. The molecular weight excluding hydrogens is 360 g/mol. The van der Waals surface area contributed by atoms with Gasteiger partial charge in [-0.2, -0.15) is 0 Å². The average molecular weight is 380 g/mol. The number of esters is 2. The summed E-state index contributed by atoms with van der Waals surface area (Å²) in [7, 11) is 0. The lowest BCUT2D eigenvalue weighted by Crippen LogP contribution is -2.17. The molecule has 7 heteroatoms. The van der Waals surface area contributed by atoms with Crippen molar-refractivity contribution in [2.24, 2.45) is 0 Å². The maximum atomic E-state index is 12.8. The molecule has 0 unspecified atom stereocenters. The predicted molar refractivity (Wildman–Crippen MR) is 102 cm³/mol. The summed E-state index contributed by atoms with van der Waals surface area (Å²) < 4.78 is 11.2. The molecule has 0 amide bonds. The first-order chi connectivity index (χ1) is 13.5. The first-order valence-corrected chi connectivity index (χ1v) is 8.97. The van der Waals surface area contributed by atoms with Gasteiger partial charge in [0.25, 0.3) is 0 Å². The van der Waals surface area contributed by atoms with Crippen molar-refractivity contribution in [3.63, 3.8) is 0 Å². The number of ketones is 1. The lowest BCUT2D eigenvalue weighted by molar-refractivity contribution is 0.0506. The highest BCUT2D eigenvalue weighted by Crippen LogP contribution is 2.17. The topological polar surface area (TPSA) is 87.5 Å². The normalized spacial score (nSPS) is 10.6. The van der Waals surface area contributed by atoms with E-state index in [0.29, 0.717) is 5.56 Å². The Morgan fingerprint density at radius 3 is 2.32 bits per heavy atom. The highest BCUT2D eigenvalue weighted by molar-refractivity contribution is 6.00. The van der Waals surface area contributed by atoms with Crippen molar-refractivity contribution in [3.05, 3.63) is 65.7 Å². The van der Waals surface area contributed by atoms with Gasteiger partial charge in [0.1, 0.15) is 0 Å². The zero-order chi connectivity index (χ0) is 20.1. The number of fused-ring (bicyclic) bond motifs is 1. The second kappa shape index (κ2) is 8.47. The molecule has 0 aliphatic rings. The molecule has 0 bridgehead atoms. The van der Waals surface area contributed by atoms with Crippen LogP contribution in [0.1, 0.15) is 45.3 Å². The van der Waals surface area contributed by atoms with Crippen molar-refractivity contribution in [2.75, 3.05) is 13.2 Å². The molecule has 0 atom stereocenters. The molecule has 144 valence electrons. The molecule has 1 heterocycles. The summed E-state index contributed by atoms with van der Waals surface area (Å²) in [4.78, 5) is 40.9. The summed E-state index contributed by atoms with van der Waals surface area (Å²) in [5.41, 5.74) is 0.455. The minimum absolute atomic E-state index is 0.0452. The number of carbonyl (C=O) groups is 3. The van der Waals surface area contributed by atoms with Gasteiger partial charge in [0.05, 0.1) is 19.8 Å². The number of rotatable bonds is 7. The van der Waals surface area contributed by atoms with Gasteiger partial charge in [0.2, 0.25) is 5.82 Å². The van der Waals surface area contributed by atoms with Crippen molar-refractivity contribution < 1.29 is 23.9 Å². The summed E-state index contributed by atoms with van der Waals surface area (Å²) in [6.45, 7) is 3.51. The van der Waals surface area contributed by atoms with Crippen LogP contribution >= 0.6 is 0 Å². The lowest BCUT2D eigenvalue weighted by atomic mass is 10.0. The van der Waals surface area contributed by atoms with Crippen LogP contribution in [-0.2, 0) is 16.0 Å². The number of ether oxygens (including phenoxy) is 2. The Balaban J connectivity index is 1.91. The number of hydrogen-bond donors (Lipinski definition) is 0. The summed E-state index contributed by atoms with van der Waals surface area (Å²) in [6.07, 6.45) is 1.34. The van der Waals surface area contributed by atoms with Gasteiger partial charge in [0.15, 0.2) is 11.5 Å². The zero-order valence-electron chi connectivity index (χ0n) is 15.7. The number of carbonyl (C=O) groups excluding carboxylic acids is 3. The van der Waals surface area contributed by atoms with Crippen molar-refractivity contribution in [1.29, 1.82) is 0 Å². The van der Waals surface area contributed by atoms with E-state index in [9.17, 15) is 14.4 Å². The Labute approximate surface area is 161 Å². The molecule has 0 saturated carbocycles. The van der Waals surface area contributed by atoms with Gasteiger partial charge in [0, 0.05) is 11.8 Å². The van der Waals surface area contributed by atoms with Crippen LogP contribution in [0.2, 0.25) is 0 Å². The average Bonchev–Trinajstić information content (AvgIpc) is 3.12. The zero-order valence-corrected chi connectivity index (χ0v) is 15.7. The summed E-state index contributed by atoms with van der Waals surface area (Å²) in [6, 6.07) is 13.1. The molecule has 2 aromatic carbocycles. The maximum Gasteiger partial charge on any atom is 0.374 e. The molecule has 0 aliphatic carbocycles. The monoisotopic (exact) mass is 380 g/mol. The summed E-state index contributed by atoms with van der Waals surface area (Å²) >= 11 is 0. The smallest absolute Gasteiger partial charge is 0.374 e. The molecule has 7 nitrogen and oxygen atoms in total. The third kappa shape index (κ3) is 4.09. The van der Waals surface area contributed by atoms with Gasteiger partial charge in [-0.25, -0.2) is 14.6 Å². The van der Waals surface area contributed by atoms with Crippen LogP contribution in [-0.4, -0.2) is 40.5 Å². The van der Waals surface area contributed by atoms with Gasteiger partial charge in [-0.3, -0.25) is 4.79 Å². The van der Waals surface area contributed by atoms with Crippen LogP contribution in [0.25, 0.3) is 10.8 Å². The Morgan fingerprint density at radius 2 is 1.61 bits per heavy atom. The highest BCUT2D eigenvalue weighted by Gasteiger charge is 2.23. The fourth-order valence-electron chi connectivity index (χ4n) is 2.81. The molecule has 3 rings (SSSR count). The van der Waals surface area contributed by atoms with Crippen LogP contribution in [0.5, 0.6) is 0 Å². The number of nitrogens with zero attached hydrogens (tertiary/aromatic N) is 2. The molecule has 0 saturated heterocycles. The largest absolute Gasteiger partial charge is 0.461 e. The van der Waals surface area contributed by atoms with E-state index >= 15 is 0 Å². The minimum atomic E-state index is -0.704. The minimum Gasteiger partial charge on any atom is -0.461 e. The predicted octanol–water partition coefficient (Wildman–Crippen LogP) is 3.27. The molecule has 0 spiro atoms. The SMILES string of the molecule is CCOC(=O)c1cn(CC(=O)c2ccc3ccccc3c2)c(C(=O)OCC)n1. The summed E-state index contributed by atoms with van der Waals surface area (Å²) in [5.74, 6) is -1.70. The van der Waals surface area contributed by atoms with E-state index in [2.05, 4.69) is 4.98 Å². The molecule has 0 aliphatic heterocycles. The standard InChI is InChI=1S/C21H20N2O5/c1-3-27-20(25)17-12-23(19(22-17)21(26)28-4-2)13-18(24)16-10-9-14-7-5-6-8-15(14)11-16/h5-12H,3-4,13H2,1-2H3. The van der Waals surface area contributed by atoms with Crippen LogP contribution < -0.4 is 0 Å². The fourth-order valence-corrected chi connectivity index (χ4v) is 2.81. The van der Waals surface area contributed by atoms with Gasteiger partial charge in [-0.1, -0.05) is 36.4 Å². The van der Waals surface area contributed by atoms with Gasteiger partial charge < -0.3 is 14.0 Å². The van der Waals surface area contributed by atoms with Gasteiger partial charge in [-0.05, 0) is 30.7 Å². The Kier molecular flexibility index (Phi) is 5.84. The van der Waals surface area contributed by atoms with Crippen LogP contribution in [0, 0.1) is 0 Å². The van der Waals surface area contributed by atoms with Gasteiger partial charge >= 0.3 is 11.9 Å². The van der Waals surface area contributed by atoms with Gasteiger partial charge in [-0.15, -0.1) is 0 Å². The molecule has 0 N–H and O–H groups in total. The fraction of sp³-hybridized carbons (Fsp3) is 0.238. The van der Waals surface area contributed by atoms with Crippen molar-refractivity contribution in [3.8, 4) is 0 Å². The molecular formula is C21H20N2O5. The quantitative estimate of drug-likeness (QED) is 0.462. The number of aromatic nitrogens is 2. The van der Waals surface area contributed by atoms with Crippen LogP contribution in [0.15, 0.2) is 48.7 Å². The van der Waals surface area contributed by atoms with E-state index < -0.39 is 11.9 Å². The Bertz CT molecular complexity index is 1040. The van der Waals surface area contributed by atoms with E-state index in [1.807, 2.05) is 30.3 Å². The highest BCUT2D eigenvalue weighted by atomic mass is 16.5. The number of hydrogen-bond acceptors (Lipinski definition) is 6. The van der Waals surface area contributed by atoms with Crippen molar-refractivity contribution in [2.45, 2.75) is 20.4 Å². The Hall–Kier alpha value is -3.48. The van der Waals surface area contributed by atoms with E-state index in [1.165, 1.54) is 10.8 Å². The second-order valence-corrected chi connectivity index (χ2v) is 6.00. The molecule has 3 aromatic rings. The van der Waals surface area contributed by atoms with Crippen LogP contribution in [0.3, 0.4) is 0 Å². The van der Waals surface area contributed by atoms with E-state index in [4.69, 9.17) is 9.47 Å². The van der Waals surface area contributed by atoms with E-state index in [-0.39, 0.29) is 37.1 Å². The molecule has 1 aromatic heterocycles. The molecule has 0 fully saturated rings. The third-order valence-corrected chi connectivity index (χ3v) is 4.10. The molecule has 28 heavy (non-hydrogen) atoms. The number of imidazole rings is 1. The van der Waals surface area contributed by atoms with E-state index in [0.717, 1.165) is 10.8 Å². The first kappa shape index (κ1) is 19.3. The lowest BCUT2D eigenvalue weighted by Gasteiger charge is -2.07. The Morgan fingerprint density at radius 1 is 0.929 bits per heavy atom. The van der Waals surface area contributed by atoms with E-state index in [1.54, 1.807) is 26.0 Å². The number of Topliss-reactive ketones (excluding diaryl/α,β-unsaturated/α-hetero) is 1. The second-order valence-electron chi connectivity index (χ2n) is 6.00. The maximum absolute atomic E-state index is 12.8. The van der Waals surface area contributed by atoms with Crippen LogP contribution in [0.4, 0.5) is 0 Å². The summed E-state index contributed by atoms with van der Waals surface area (Å²) in [5, 5.41) is 1.97. The van der Waals surface area contributed by atoms with Crippen molar-refractivity contribution >= 4 is 28.5 Å².